The van der Waals surface area contributed by atoms with Gasteiger partial charge in [0.1, 0.15) is 0 Å². The number of rotatable bonds is 2. The van der Waals surface area contributed by atoms with E-state index in [2.05, 4.69) is 13.5 Å². The van der Waals surface area contributed by atoms with E-state index in [0.717, 1.165) is 0 Å². The average Bonchev–Trinajstić information content (AvgIpc) is 1.69. The molecule has 0 aromatic rings. The minimum Gasteiger partial charge on any atom is -0.0991 e. The molecule has 1 radical (unpaired) electrons. The number of allylic oxidation sites excluding steroid dienone is 5. The van der Waals surface area contributed by atoms with Crippen LogP contribution in [-0.2, 0) is 0 Å². The standard InChI is InChI=1S/C7H9/c1-3-5-7-6-4-2/h3-7H,1-2H2. The molecule has 0 saturated carbocycles. The van der Waals surface area contributed by atoms with Gasteiger partial charge in [-0.3, -0.25) is 0 Å². The van der Waals surface area contributed by atoms with E-state index in [0.29, 0.717) is 0 Å². The summed E-state index contributed by atoms with van der Waals surface area (Å²) in [6.07, 6.45) is 9.02. The molecule has 0 atom stereocenters. The molecule has 0 unspecified atom stereocenters. The molecule has 0 fully saturated rings. The lowest BCUT2D eigenvalue weighted by Gasteiger charge is -1.65. The van der Waals surface area contributed by atoms with E-state index in [1.54, 1.807) is 12.2 Å². The van der Waals surface area contributed by atoms with Crippen molar-refractivity contribution in [3.63, 3.8) is 0 Å². The van der Waals surface area contributed by atoms with Crippen LogP contribution in [0.2, 0.25) is 0 Å². The van der Waals surface area contributed by atoms with Crippen molar-refractivity contribution in [1.29, 1.82) is 0 Å². The van der Waals surface area contributed by atoms with Gasteiger partial charge in [-0.15, -0.1) is 0 Å². The summed E-state index contributed by atoms with van der Waals surface area (Å²) in [6, 6.07) is 0. The first-order valence-electron chi connectivity index (χ1n) is 2.15. The maximum atomic E-state index is 3.49. The van der Waals surface area contributed by atoms with Crippen LogP contribution in [0.1, 0.15) is 0 Å². The zero-order chi connectivity index (χ0) is 5.54. The van der Waals surface area contributed by atoms with Gasteiger partial charge < -0.3 is 0 Å². The summed E-state index contributed by atoms with van der Waals surface area (Å²) in [5.74, 6) is 0. The van der Waals surface area contributed by atoms with Crippen LogP contribution in [0.4, 0.5) is 0 Å². The van der Waals surface area contributed by atoms with Crippen molar-refractivity contribution in [2.75, 3.05) is 0 Å². The second kappa shape index (κ2) is 5.22. The smallest absolute Gasteiger partial charge is 0.0313 e. The van der Waals surface area contributed by atoms with E-state index >= 15 is 0 Å². The third-order valence-corrected chi connectivity index (χ3v) is 0.494. The van der Waals surface area contributed by atoms with Crippen LogP contribution in [0.5, 0.6) is 0 Å². The molecule has 0 N–H and O–H groups in total. The third-order valence-electron chi connectivity index (χ3n) is 0.494. The van der Waals surface area contributed by atoms with E-state index in [9.17, 15) is 0 Å². The summed E-state index contributed by atoms with van der Waals surface area (Å²) in [6.45, 7) is 6.98. The van der Waals surface area contributed by atoms with Gasteiger partial charge in [0.05, 0.1) is 0 Å². The average molecular weight is 93.1 g/mol. The highest BCUT2D eigenvalue weighted by Gasteiger charge is 1.52. The van der Waals surface area contributed by atoms with Crippen molar-refractivity contribution >= 4 is 0 Å². The van der Waals surface area contributed by atoms with Crippen molar-refractivity contribution in [3.05, 3.63) is 43.9 Å². The van der Waals surface area contributed by atoms with Crippen LogP contribution in [-0.4, -0.2) is 0 Å². The maximum Gasteiger partial charge on any atom is -0.0313 e. The highest BCUT2D eigenvalue weighted by Crippen LogP contribution is 1.74. The molecule has 7 heavy (non-hydrogen) atoms. The monoisotopic (exact) mass is 93.1 g/mol. The zero-order valence-electron chi connectivity index (χ0n) is 4.30. The summed E-state index contributed by atoms with van der Waals surface area (Å²) in [7, 11) is 0. The van der Waals surface area contributed by atoms with E-state index in [1.165, 1.54) is 0 Å². The molecule has 0 aromatic carbocycles. The van der Waals surface area contributed by atoms with E-state index in [1.807, 2.05) is 18.2 Å². The SMILES string of the molecule is [CH2]C=CC=CC=C. The molecule has 37 valence electrons. The summed E-state index contributed by atoms with van der Waals surface area (Å²) in [5, 5.41) is 0. The molecular formula is C7H9. The lowest BCUT2D eigenvalue weighted by Crippen LogP contribution is -1.43. The topological polar surface area (TPSA) is 0 Å². The van der Waals surface area contributed by atoms with Crippen LogP contribution in [0, 0.1) is 6.92 Å². The summed E-state index contributed by atoms with van der Waals surface area (Å²) in [4.78, 5) is 0. The Bertz CT molecular complexity index is 86.2. The van der Waals surface area contributed by atoms with E-state index < -0.39 is 0 Å². The highest BCUT2D eigenvalue weighted by molar-refractivity contribution is 5.09. The quantitative estimate of drug-likeness (QED) is 0.459. The predicted octanol–water partition coefficient (Wildman–Crippen LogP) is 2.12. The van der Waals surface area contributed by atoms with Crippen molar-refractivity contribution in [3.8, 4) is 0 Å². The Balaban J connectivity index is 3.27. The summed E-state index contributed by atoms with van der Waals surface area (Å²) >= 11 is 0. The molecular weight excluding hydrogens is 84.1 g/mol. The zero-order valence-corrected chi connectivity index (χ0v) is 4.30. The van der Waals surface area contributed by atoms with Gasteiger partial charge >= 0.3 is 0 Å². The van der Waals surface area contributed by atoms with Gasteiger partial charge in [0.25, 0.3) is 0 Å². The molecule has 0 rings (SSSR count). The van der Waals surface area contributed by atoms with Crippen molar-refractivity contribution < 1.29 is 0 Å². The Kier molecular flexibility index (Phi) is 4.64. The second-order valence-electron chi connectivity index (χ2n) is 1.05. The largest absolute Gasteiger partial charge is 0.0991 e. The summed E-state index contributed by atoms with van der Waals surface area (Å²) in [5.41, 5.74) is 0. The molecule has 0 aromatic heterocycles. The van der Waals surface area contributed by atoms with Crippen LogP contribution < -0.4 is 0 Å². The van der Waals surface area contributed by atoms with Gasteiger partial charge in [-0.25, -0.2) is 0 Å². The van der Waals surface area contributed by atoms with E-state index in [4.69, 9.17) is 0 Å². The lowest BCUT2D eigenvalue weighted by molar-refractivity contribution is 1.91. The Morgan fingerprint density at radius 1 is 1.00 bits per heavy atom. The minimum absolute atomic E-state index is 1.72. The van der Waals surface area contributed by atoms with Crippen LogP contribution in [0.25, 0.3) is 0 Å². The molecule has 0 amide bonds. The van der Waals surface area contributed by atoms with Gasteiger partial charge in [-0.2, -0.15) is 0 Å². The van der Waals surface area contributed by atoms with Crippen molar-refractivity contribution in [2.45, 2.75) is 0 Å². The van der Waals surface area contributed by atoms with Gasteiger partial charge in [-0.1, -0.05) is 37.0 Å². The van der Waals surface area contributed by atoms with Crippen molar-refractivity contribution in [2.24, 2.45) is 0 Å². The predicted molar refractivity (Wildman–Crippen MR) is 33.8 cm³/mol. The van der Waals surface area contributed by atoms with Gasteiger partial charge in [0.15, 0.2) is 0 Å². The fourth-order valence-electron chi connectivity index (χ4n) is 0.221. The van der Waals surface area contributed by atoms with Crippen LogP contribution in [0.15, 0.2) is 37.0 Å². The fourth-order valence-corrected chi connectivity index (χ4v) is 0.221. The number of hydrogen-bond donors (Lipinski definition) is 0. The summed E-state index contributed by atoms with van der Waals surface area (Å²) < 4.78 is 0. The first-order valence-corrected chi connectivity index (χ1v) is 2.15. The first kappa shape index (κ1) is 6.22. The molecule has 0 saturated heterocycles. The van der Waals surface area contributed by atoms with Gasteiger partial charge in [0, 0.05) is 0 Å². The molecule has 0 spiro atoms. The fraction of sp³-hybridized carbons (Fsp3) is 0. The molecule has 0 aliphatic rings. The first-order chi connectivity index (χ1) is 3.41. The molecule has 0 aliphatic heterocycles. The Hall–Kier alpha value is -0.780. The minimum atomic E-state index is 1.72. The molecule has 0 nitrogen and oxygen atoms in total. The lowest BCUT2D eigenvalue weighted by atomic mass is 10.4. The molecule has 0 aliphatic carbocycles. The van der Waals surface area contributed by atoms with Crippen LogP contribution in [0.3, 0.4) is 0 Å². The number of hydrogen-bond acceptors (Lipinski definition) is 0. The van der Waals surface area contributed by atoms with Crippen molar-refractivity contribution in [1.82, 2.24) is 0 Å². The van der Waals surface area contributed by atoms with Gasteiger partial charge in [0.2, 0.25) is 0 Å². The Morgan fingerprint density at radius 3 is 2.14 bits per heavy atom. The molecule has 0 bridgehead atoms. The maximum absolute atomic E-state index is 3.49. The molecule has 0 heteroatoms. The third kappa shape index (κ3) is 5.22. The highest BCUT2D eigenvalue weighted by atomic mass is 13.6. The second-order valence-corrected chi connectivity index (χ2v) is 1.05. The Labute approximate surface area is 44.9 Å². The Morgan fingerprint density at radius 2 is 1.71 bits per heavy atom. The van der Waals surface area contributed by atoms with Gasteiger partial charge in [-0.05, 0) is 6.92 Å². The normalized spacial score (nSPS) is 11.0. The van der Waals surface area contributed by atoms with E-state index in [-0.39, 0.29) is 0 Å². The van der Waals surface area contributed by atoms with Crippen LogP contribution >= 0.6 is 0 Å². The molecule has 0 heterocycles.